The second kappa shape index (κ2) is 7.60. The fourth-order valence-corrected chi connectivity index (χ4v) is 2.88. The molecule has 0 saturated carbocycles. The first-order valence-electron chi connectivity index (χ1n) is 8.07. The number of methoxy groups -OCH3 is 1. The maximum atomic E-state index is 12.5. The normalized spacial score (nSPS) is 10.8. The van der Waals surface area contributed by atoms with Crippen LogP contribution < -0.4 is 4.90 Å². The van der Waals surface area contributed by atoms with Gasteiger partial charge in [-0.3, -0.25) is 9.69 Å². The van der Waals surface area contributed by atoms with E-state index in [1.165, 1.54) is 12.0 Å². The van der Waals surface area contributed by atoms with Crippen LogP contribution in [0.3, 0.4) is 0 Å². The highest BCUT2D eigenvalue weighted by Gasteiger charge is 2.26. The first-order valence-corrected chi connectivity index (χ1v) is 8.07. The first kappa shape index (κ1) is 20.6. The molecule has 1 rings (SSSR count). The highest BCUT2D eigenvalue weighted by atomic mass is 16.6. The van der Waals surface area contributed by atoms with Gasteiger partial charge in [0.2, 0.25) is 0 Å². The van der Waals surface area contributed by atoms with Gasteiger partial charge in [-0.25, -0.2) is 4.79 Å². The summed E-state index contributed by atoms with van der Waals surface area (Å²) in [5, 5.41) is 0. The van der Waals surface area contributed by atoms with Gasteiger partial charge in [-0.15, -0.1) is 6.42 Å². The van der Waals surface area contributed by atoms with E-state index < -0.39 is 11.7 Å². The molecule has 0 heterocycles. The van der Waals surface area contributed by atoms with Crippen molar-refractivity contribution in [2.24, 2.45) is 0 Å². The van der Waals surface area contributed by atoms with E-state index in [0.717, 1.165) is 22.3 Å². The van der Waals surface area contributed by atoms with Gasteiger partial charge in [-0.05, 0) is 63.8 Å². The van der Waals surface area contributed by atoms with Gasteiger partial charge in [0.1, 0.15) is 5.60 Å². The second-order valence-electron chi connectivity index (χ2n) is 7.01. The fraction of sp³-hybridized carbons (Fsp3) is 0.500. The average Bonchev–Trinajstić information content (AvgIpc) is 2.49. The lowest BCUT2D eigenvalue weighted by atomic mass is 9.89. The summed E-state index contributed by atoms with van der Waals surface area (Å²) in [6.45, 7) is 11.0. The van der Waals surface area contributed by atoms with Crippen molar-refractivity contribution in [2.45, 2.75) is 53.6 Å². The number of benzene rings is 1. The molecule has 0 aliphatic heterocycles. The van der Waals surface area contributed by atoms with Crippen LogP contribution in [0.25, 0.3) is 0 Å². The first-order chi connectivity index (χ1) is 11.4. The lowest BCUT2D eigenvalue weighted by Gasteiger charge is -2.28. The second-order valence-corrected chi connectivity index (χ2v) is 7.01. The van der Waals surface area contributed by atoms with Crippen LogP contribution in [0.15, 0.2) is 0 Å². The van der Waals surface area contributed by atoms with Gasteiger partial charge in [-0.1, -0.05) is 5.92 Å². The summed E-state index contributed by atoms with van der Waals surface area (Å²) in [7, 11) is 2.98. The Bertz CT molecular complexity index is 736. The largest absolute Gasteiger partial charge is 0.469 e. The fourth-order valence-electron chi connectivity index (χ4n) is 2.88. The molecule has 0 radical (unpaired) electrons. The number of ether oxygens (including phenoxy) is 2. The summed E-state index contributed by atoms with van der Waals surface area (Å²) in [6.07, 6.45) is 5.30. The van der Waals surface area contributed by atoms with E-state index >= 15 is 0 Å². The molecule has 1 amide bonds. The third kappa shape index (κ3) is 4.54. The number of terminal acetylenes is 1. The topological polar surface area (TPSA) is 55.8 Å². The number of amides is 1. The monoisotopic (exact) mass is 345 g/mol. The van der Waals surface area contributed by atoms with Gasteiger partial charge in [0.05, 0.1) is 19.2 Å². The number of hydrogen-bond donors (Lipinski definition) is 0. The lowest BCUT2D eigenvalue weighted by molar-refractivity contribution is -0.139. The molecular formula is C20H27NO4. The molecule has 0 N–H and O–H groups in total. The van der Waals surface area contributed by atoms with E-state index in [0.29, 0.717) is 11.3 Å². The molecule has 5 heteroatoms. The van der Waals surface area contributed by atoms with Gasteiger partial charge >= 0.3 is 12.1 Å². The van der Waals surface area contributed by atoms with Crippen molar-refractivity contribution in [1.29, 1.82) is 0 Å². The smallest absolute Gasteiger partial charge is 0.414 e. The van der Waals surface area contributed by atoms with Crippen LogP contribution in [0.2, 0.25) is 0 Å². The van der Waals surface area contributed by atoms with Crippen molar-refractivity contribution in [3.05, 3.63) is 27.8 Å². The molecule has 0 fully saturated rings. The number of hydrogen-bond acceptors (Lipinski definition) is 4. The molecule has 1 aromatic carbocycles. The zero-order valence-electron chi connectivity index (χ0n) is 16.4. The minimum Gasteiger partial charge on any atom is -0.469 e. The summed E-state index contributed by atoms with van der Waals surface area (Å²) in [4.78, 5) is 25.7. The van der Waals surface area contributed by atoms with E-state index in [1.54, 1.807) is 7.05 Å². The van der Waals surface area contributed by atoms with Crippen LogP contribution in [-0.2, 0) is 20.7 Å². The molecule has 0 aliphatic carbocycles. The van der Waals surface area contributed by atoms with Gasteiger partial charge in [-0.2, -0.15) is 0 Å². The molecule has 0 bridgehead atoms. The van der Waals surface area contributed by atoms with E-state index in [-0.39, 0.29) is 12.4 Å². The maximum Gasteiger partial charge on any atom is 0.414 e. The SMILES string of the molecule is C#Cc1c(C)c(CC(=O)OC)c(C)c(N(C)C(=O)OC(C)(C)C)c1C. The molecule has 136 valence electrons. The molecule has 25 heavy (non-hydrogen) atoms. The molecule has 1 aromatic rings. The molecule has 5 nitrogen and oxygen atoms in total. The number of esters is 1. The molecule has 0 aromatic heterocycles. The minimum atomic E-state index is -0.609. The number of anilines is 1. The van der Waals surface area contributed by atoms with Crippen LogP contribution >= 0.6 is 0 Å². The predicted octanol–water partition coefficient (Wildman–Crippen LogP) is 3.68. The van der Waals surface area contributed by atoms with Crippen LogP contribution in [-0.4, -0.2) is 31.8 Å². The summed E-state index contributed by atoms with van der Waals surface area (Å²) in [5.41, 5.74) is 3.97. The van der Waals surface area contributed by atoms with E-state index in [9.17, 15) is 9.59 Å². The van der Waals surface area contributed by atoms with Gasteiger partial charge in [0.25, 0.3) is 0 Å². The van der Waals surface area contributed by atoms with Crippen molar-refractivity contribution in [1.82, 2.24) is 0 Å². The van der Waals surface area contributed by atoms with Crippen LogP contribution in [0.4, 0.5) is 10.5 Å². The Morgan fingerprint density at radius 1 is 1.12 bits per heavy atom. The molecule has 0 spiro atoms. The highest BCUT2D eigenvalue weighted by Crippen LogP contribution is 2.34. The molecule has 0 atom stereocenters. The minimum absolute atomic E-state index is 0.0955. The summed E-state index contributed by atoms with van der Waals surface area (Å²) in [5.74, 6) is 2.32. The van der Waals surface area contributed by atoms with Crippen molar-refractivity contribution in [2.75, 3.05) is 19.1 Å². The number of rotatable bonds is 3. The molecular weight excluding hydrogens is 318 g/mol. The van der Waals surface area contributed by atoms with Crippen LogP contribution in [0.5, 0.6) is 0 Å². The van der Waals surface area contributed by atoms with E-state index in [2.05, 4.69) is 5.92 Å². The zero-order chi connectivity index (χ0) is 19.5. The summed E-state index contributed by atoms with van der Waals surface area (Å²) < 4.78 is 10.2. The Morgan fingerprint density at radius 3 is 2.12 bits per heavy atom. The van der Waals surface area contributed by atoms with Crippen molar-refractivity contribution in [3.8, 4) is 12.3 Å². The van der Waals surface area contributed by atoms with Crippen molar-refractivity contribution >= 4 is 17.7 Å². The molecule has 0 unspecified atom stereocenters. The lowest BCUT2D eigenvalue weighted by Crippen LogP contribution is -2.35. The number of carbonyl (C=O) groups is 2. The summed E-state index contributed by atoms with van der Waals surface area (Å²) >= 11 is 0. The maximum absolute atomic E-state index is 12.5. The van der Waals surface area contributed by atoms with Gasteiger partial charge < -0.3 is 9.47 Å². The Kier molecular flexibility index (Phi) is 6.26. The standard InChI is InChI=1S/C20H27NO4/c1-10-15-12(2)16(11-17(22)24-9)14(4)18(13(15)3)21(8)19(23)25-20(5,6)7/h1H,11H2,2-9H3. The average molecular weight is 345 g/mol. The quantitative estimate of drug-likeness (QED) is 0.619. The van der Waals surface area contributed by atoms with Gasteiger partial charge in [0.15, 0.2) is 0 Å². The van der Waals surface area contributed by atoms with E-state index in [4.69, 9.17) is 15.9 Å². The summed E-state index contributed by atoms with van der Waals surface area (Å²) in [6, 6.07) is 0. The number of nitrogens with zero attached hydrogens (tertiary/aromatic N) is 1. The Hall–Kier alpha value is -2.48. The van der Waals surface area contributed by atoms with Crippen LogP contribution in [0, 0.1) is 33.1 Å². The Labute approximate surface area is 150 Å². The zero-order valence-corrected chi connectivity index (χ0v) is 16.4. The Morgan fingerprint density at radius 2 is 1.68 bits per heavy atom. The number of carbonyl (C=O) groups excluding carboxylic acids is 2. The van der Waals surface area contributed by atoms with E-state index in [1.807, 2.05) is 41.5 Å². The molecule has 0 aliphatic rings. The van der Waals surface area contributed by atoms with Gasteiger partial charge in [0, 0.05) is 12.6 Å². The third-order valence-electron chi connectivity index (χ3n) is 4.06. The molecule has 0 saturated heterocycles. The third-order valence-corrected chi connectivity index (χ3v) is 4.06. The van der Waals surface area contributed by atoms with Crippen molar-refractivity contribution < 1.29 is 19.1 Å². The van der Waals surface area contributed by atoms with Crippen LogP contribution in [0.1, 0.15) is 48.6 Å². The predicted molar refractivity (Wildman–Crippen MR) is 98.9 cm³/mol. The highest BCUT2D eigenvalue weighted by molar-refractivity contribution is 5.91. The Balaban J connectivity index is 3.54. The van der Waals surface area contributed by atoms with Crippen molar-refractivity contribution in [3.63, 3.8) is 0 Å².